The van der Waals surface area contributed by atoms with E-state index in [9.17, 15) is 13.2 Å². The van der Waals surface area contributed by atoms with Crippen molar-refractivity contribution >= 4 is 0 Å². The van der Waals surface area contributed by atoms with Crippen molar-refractivity contribution in [2.75, 3.05) is 6.54 Å². The molecular formula is C20H20F3N5. The van der Waals surface area contributed by atoms with E-state index in [4.69, 9.17) is 0 Å². The molecule has 1 aromatic carbocycles. The normalized spacial score (nSPS) is 14.9. The van der Waals surface area contributed by atoms with E-state index >= 15 is 0 Å². The minimum absolute atomic E-state index is 0.457. The molecule has 1 aliphatic rings. The van der Waals surface area contributed by atoms with Crippen molar-refractivity contribution in [3.63, 3.8) is 0 Å². The third-order valence-electron chi connectivity index (χ3n) is 5.03. The Morgan fingerprint density at radius 2 is 1.86 bits per heavy atom. The molecule has 28 heavy (non-hydrogen) atoms. The summed E-state index contributed by atoms with van der Waals surface area (Å²) in [6.45, 7) is 6.29. The zero-order chi connectivity index (χ0) is 19.9. The maximum absolute atomic E-state index is 12.7. The Morgan fingerprint density at radius 3 is 2.50 bits per heavy atom. The van der Waals surface area contributed by atoms with Gasteiger partial charge in [0.25, 0.3) is 0 Å². The minimum atomic E-state index is -4.34. The first kappa shape index (κ1) is 18.6. The van der Waals surface area contributed by atoms with Gasteiger partial charge < -0.3 is 4.98 Å². The van der Waals surface area contributed by atoms with Gasteiger partial charge in [-0.05, 0) is 26.0 Å². The van der Waals surface area contributed by atoms with Gasteiger partial charge in [0.2, 0.25) is 0 Å². The van der Waals surface area contributed by atoms with Gasteiger partial charge in [-0.1, -0.05) is 12.1 Å². The summed E-state index contributed by atoms with van der Waals surface area (Å²) in [4.78, 5) is 19.1. The standard InChI is InChI=1S/C20H20F3N5/c1-12-13(2)26-18(25-12)11-28-8-7-17-15(10-28)9-24-19(27-17)14-3-5-16(6-4-14)20(21,22)23/h3-6,9H,7-8,10-11H2,1-2H3,(H,25,26). The Kier molecular flexibility index (Phi) is 4.66. The van der Waals surface area contributed by atoms with Crippen LogP contribution in [0, 0.1) is 13.8 Å². The number of rotatable bonds is 3. The molecule has 0 unspecified atom stereocenters. The molecule has 0 bridgehead atoms. The highest BCUT2D eigenvalue weighted by Crippen LogP contribution is 2.30. The SMILES string of the molecule is Cc1nc(CN2CCc3nc(-c4ccc(C(F)(F)F)cc4)ncc3C2)[nH]c1C. The number of fused-ring (bicyclic) bond motifs is 1. The van der Waals surface area contributed by atoms with E-state index in [1.54, 1.807) is 6.20 Å². The van der Waals surface area contributed by atoms with Crippen molar-refractivity contribution in [2.45, 2.75) is 39.5 Å². The molecule has 4 rings (SSSR count). The topological polar surface area (TPSA) is 57.7 Å². The van der Waals surface area contributed by atoms with Gasteiger partial charge in [0.15, 0.2) is 5.82 Å². The molecule has 1 N–H and O–H groups in total. The fourth-order valence-electron chi connectivity index (χ4n) is 3.36. The van der Waals surface area contributed by atoms with Crippen LogP contribution < -0.4 is 0 Å². The molecule has 1 aliphatic heterocycles. The van der Waals surface area contributed by atoms with E-state index in [2.05, 4.69) is 24.8 Å². The molecule has 3 aromatic rings. The highest BCUT2D eigenvalue weighted by atomic mass is 19.4. The molecule has 0 saturated heterocycles. The van der Waals surface area contributed by atoms with Crippen LogP contribution in [0.5, 0.6) is 0 Å². The monoisotopic (exact) mass is 387 g/mol. The van der Waals surface area contributed by atoms with Crippen LogP contribution in [-0.2, 0) is 25.7 Å². The van der Waals surface area contributed by atoms with Crippen molar-refractivity contribution in [2.24, 2.45) is 0 Å². The van der Waals surface area contributed by atoms with Crippen LogP contribution in [0.3, 0.4) is 0 Å². The number of aryl methyl sites for hydroxylation is 2. The fraction of sp³-hybridized carbons (Fsp3) is 0.350. The first-order valence-corrected chi connectivity index (χ1v) is 9.06. The number of H-pyrrole nitrogens is 1. The Bertz CT molecular complexity index is 973. The van der Waals surface area contributed by atoms with Gasteiger partial charge in [-0.15, -0.1) is 0 Å². The van der Waals surface area contributed by atoms with E-state index in [1.165, 1.54) is 12.1 Å². The van der Waals surface area contributed by atoms with E-state index < -0.39 is 11.7 Å². The Morgan fingerprint density at radius 1 is 1.11 bits per heavy atom. The van der Waals surface area contributed by atoms with Gasteiger partial charge in [0.1, 0.15) is 5.82 Å². The smallest absolute Gasteiger partial charge is 0.345 e. The number of nitrogens with one attached hydrogen (secondary N) is 1. The number of alkyl halides is 3. The van der Waals surface area contributed by atoms with Crippen molar-refractivity contribution in [3.8, 4) is 11.4 Å². The summed E-state index contributed by atoms with van der Waals surface area (Å²) in [6, 6.07) is 4.96. The highest BCUT2D eigenvalue weighted by Gasteiger charge is 2.30. The van der Waals surface area contributed by atoms with E-state index in [0.717, 1.165) is 66.7 Å². The van der Waals surface area contributed by atoms with Gasteiger partial charge >= 0.3 is 6.18 Å². The zero-order valence-corrected chi connectivity index (χ0v) is 15.6. The number of aromatic nitrogens is 4. The summed E-state index contributed by atoms with van der Waals surface area (Å²) in [5, 5.41) is 0. The van der Waals surface area contributed by atoms with Crippen molar-refractivity contribution < 1.29 is 13.2 Å². The molecule has 0 atom stereocenters. The van der Waals surface area contributed by atoms with Crippen LogP contribution >= 0.6 is 0 Å². The van der Waals surface area contributed by atoms with Gasteiger partial charge in [0, 0.05) is 42.5 Å². The van der Waals surface area contributed by atoms with Crippen molar-refractivity contribution in [1.82, 2.24) is 24.8 Å². The molecule has 0 amide bonds. The van der Waals surface area contributed by atoms with Crippen LogP contribution in [0.15, 0.2) is 30.5 Å². The minimum Gasteiger partial charge on any atom is -0.345 e. The Hall–Kier alpha value is -2.74. The maximum Gasteiger partial charge on any atom is 0.416 e. The van der Waals surface area contributed by atoms with Crippen LogP contribution in [0.25, 0.3) is 11.4 Å². The molecule has 0 spiro atoms. The lowest BCUT2D eigenvalue weighted by molar-refractivity contribution is -0.137. The average Bonchev–Trinajstić information content (AvgIpc) is 2.98. The molecule has 0 aliphatic carbocycles. The second kappa shape index (κ2) is 7.01. The number of hydrogen-bond acceptors (Lipinski definition) is 4. The number of hydrogen-bond donors (Lipinski definition) is 1. The lowest BCUT2D eigenvalue weighted by Crippen LogP contribution is -2.31. The molecule has 2 aromatic heterocycles. The molecule has 0 radical (unpaired) electrons. The maximum atomic E-state index is 12.7. The van der Waals surface area contributed by atoms with Crippen LogP contribution in [0.1, 0.15) is 34.0 Å². The number of halogens is 3. The van der Waals surface area contributed by atoms with E-state index in [-0.39, 0.29) is 0 Å². The second-order valence-electron chi connectivity index (χ2n) is 7.10. The third-order valence-corrected chi connectivity index (χ3v) is 5.03. The molecule has 8 heteroatoms. The lowest BCUT2D eigenvalue weighted by atomic mass is 10.1. The Balaban J connectivity index is 1.49. The van der Waals surface area contributed by atoms with E-state index in [0.29, 0.717) is 11.4 Å². The first-order chi connectivity index (χ1) is 13.3. The molecule has 3 heterocycles. The average molecular weight is 387 g/mol. The van der Waals surface area contributed by atoms with Gasteiger partial charge in [0.05, 0.1) is 23.5 Å². The number of nitrogens with zero attached hydrogens (tertiary/aromatic N) is 4. The summed E-state index contributed by atoms with van der Waals surface area (Å²) >= 11 is 0. The molecule has 0 saturated carbocycles. The quantitative estimate of drug-likeness (QED) is 0.736. The van der Waals surface area contributed by atoms with Gasteiger partial charge in [-0.2, -0.15) is 13.2 Å². The Labute approximate surface area is 160 Å². The van der Waals surface area contributed by atoms with Crippen molar-refractivity contribution in [1.29, 1.82) is 0 Å². The second-order valence-corrected chi connectivity index (χ2v) is 7.10. The van der Waals surface area contributed by atoms with Crippen LogP contribution in [-0.4, -0.2) is 31.4 Å². The predicted octanol–water partition coefficient (Wildman–Crippen LogP) is 4.06. The molecule has 146 valence electrons. The lowest BCUT2D eigenvalue weighted by Gasteiger charge is -2.27. The zero-order valence-electron chi connectivity index (χ0n) is 15.6. The van der Waals surface area contributed by atoms with Gasteiger partial charge in [-0.3, -0.25) is 4.90 Å². The largest absolute Gasteiger partial charge is 0.416 e. The van der Waals surface area contributed by atoms with Crippen LogP contribution in [0.4, 0.5) is 13.2 Å². The summed E-state index contributed by atoms with van der Waals surface area (Å²) in [6.07, 6.45) is -1.80. The van der Waals surface area contributed by atoms with E-state index in [1.807, 2.05) is 13.8 Å². The molecular weight excluding hydrogens is 367 g/mol. The highest BCUT2D eigenvalue weighted by molar-refractivity contribution is 5.56. The number of benzene rings is 1. The predicted molar refractivity (Wildman–Crippen MR) is 98.3 cm³/mol. The summed E-state index contributed by atoms with van der Waals surface area (Å²) in [5.74, 6) is 1.40. The summed E-state index contributed by atoms with van der Waals surface area (Å²) in [7, 11) is 0. The van der Waals surface area contributed by atoms with Crippen LogP contribution in [0.2, 0.25) is 0 Å². The summed E-state index contributed by atoms with van der Waals surface area (Å²) < 4.78 is 38.2. The number of imidazole rings is 1. The number of aromatic amines is 1. The third kappa shape index (κ3) is 3.77. The first-order valence-electron chi connectivity index (χ1n) is 9.06. The molecule has 5 nitrogen and oxygen atoms in total. The van der Waals surface area contributed by atoms with Gasteiger partial charge in [-0.25, -0.2) is 15.0 Å². The molecule has 0 fully saturated rings. The fourth-order valence-corrected chi connectivity index (χ4v) is 3.36. The summed E-state index contributed by atoms with van der Waals surface area (Å²) in [5.41, 5.74) is 4.00. The van der Waals surface area contributed by atoms with Crippen molar-refractivity contribution in [3.05, 3.63) is 64.5 Å².